The molecule has 2 aliphatic rings. The van der Waals surface area contributed by atoms with E-state index in [9.17, 15) is 37.1 Å². The van der Waals surface area contributed by atoms with Gasteiger partial charge in [0.25, 0.3) is 0 Å². The average Bonchev–Trinajstić information content (AvgIpc) is 3.57. The van der Waals surface area contributed by atoms with Gasteiger partial charge in [-0.05, 0) is 84.6 Å². The van der Waals surface area contributed by atoms with E-state index in [0.717, 1.165) is 18.2 Å². The second kappa shape index (κ2) is 21.7. The molecule has 2 aliphatic heterocycles. The number of carbonyl (C=O) groups excluding carboxylic acids is 3. The fourth-order valence-electron chi connectivity index (χ4n) is 5.57. The summed E-state index contributed by atoms with van der Waals surface area (Å²) in [5.41, 5.74) is -0.751. The molecule has 2 fully saturated rings. The van der Waals surface area contributed by atoms with Gasteiger partial charge in [-0.15, -0.1) is 0 Å². The van der Waals surface area contributed by atoms with Gasteiger partial charge < -0.3 is 36.6 Å². The Morgan fingerprint density at radius 2 is 1.20 bits per heavy atom. The quantitative estimate of drug-likeness (QED) is 0.145. The van der Waals surface area contributed by atoms with Crippen LogP contribution in [0.2, 0.25) is 0 Å². The van der Waals surface area contributed by atoms with Gasteiger partial charge in [-0.25, -0.2) is 31.9 Å². The van der Waals surface area contributed by atoms with Crippen molar-refractivity contribution in [2.45, 2.75) is 96.4 Å². The molecule has 2 aromatic rings. The molecule has 9 nitrogen and oxygen atoms in total. The Balaban J connectivity index is 0. The molecule has 0 saturated carbocycles. The zero-order valence-electron chi connectivity index (χ0n) is 30.2. The van der Waals surface area contributed by atoms with Crippen molar-refractivity contribution in [1.29, 1.82) is 0 Å². The number of hydrogen-bond donors (Lipinski definition) is 1. The van der Waals surface area contributed by atoms with Crippen molar-refractivity contribution >= 4 is 26.6 Å². The molecule has 17 heteroatoms. The van der Waals surface area contributed by atoms with Crippen LogP contribution < -0.4 is 60.8 Å². The maximum absolute atomic E-state index is 14.1. The topological polar surface area (TPSA) is 106 Å². The summed E-state index contributed by atoms with van der Waals surface area (Å²) in [6.07, 6.45) is -0.578. The molecule has 4 atom stereocenters. The van der Waals surface area contributed by atoms with Gasteiger partial charge in [-0.2, -0.15) is 0 Å². The van der Waals surface area contributed by atoms with E-state index in [1.807, 2.05) is 0 Å². The Bertz CT molecular complexity index is 1450. The number of esters is 1. The zero-order valence-corrected chi connectivity index (χ0v) is 33.0. The van der Waals surface area contributed by atoms with Crippen LogP contribution in [0.5, 0.6) is 0 Å². The predicted octanol–water partition coefficient (Wildman–Crippen LogP) is -3.77. The van der Waals surface area contributed by atoms with Gasteiger partial charge in [0.15, 0.2) is 0 Å². The van der Waals surface area contributed by atoms with Gasteiger partial charge in [0.1, 0.15) is 40.5 Å². The van der Waals surface area contributed by atoms with Crippen LogP contribution in [-0.2, 0) is 19.0 Å². The molecule has 1 N–H and O–H groups in total. The molecule has 0 aliphatic carbocycles. The van der Waals surface area contributed by atoms with Crippen LogP contribution in [0.15, 0.2) is 36.4 Å². The van der Waals surface area contributed by atoms with E-state index in [1.165, 1.54) is 28.0 Å². The Morgan fingerprint density at radius 1 is 0.784 bits per heavy atom. The molecule has 2 saturated heterocycles. The van der Waals surface area contributed by atoms with Crippen molar-refractivity contribution in [3.05, 3.63) is 70.8 Å². The Kier molecular flexibility index (Phi) is 21.8. The number of hydrogen-bond acceptors (Lipinski definition) is 7. The molecule has 0 radical (unpaired) electrons. The maximum atomic E-state index is 14.1. The van der Waals surface area contributed by atoms with Gasteiger partial charge in [0.2, 0.25) is 0 Å². The van der Waals surface area contributed by atoms with Crippen LogP contribution in [0.3, 0.4) is 0 Å². The van der Waals surface area contributed by atoms with E-state index in [1.54, 1.807) is 48.5 Å². The number of aliphatic hydroxyl groups excluding tert-OH is 1. The number of benzene rings is 2. The minimum atomic E-state index is -0.857. The largest absolute Gasteiger partial charge is 1.00 e. The zero-order chi connectivity index (χ0) is 35.3. The first-order chi connectivity index (χ1) is 21.8. The fourth-order valence-corrected chi connectivity index (χ4v) is 5.57. The van der Waals surface area contributed by atoms with E-state index < -0.39 is 70.6 Å². The number of rotatable bonds is 5. The van der Waals surface area contributed by atoms with Crippen molar-refractivity contribution < 1.29 is 112 Å². The van der Waals surface area contributed by atoms with Crippen LogP contribution in [0.1, 0.15) is 84.3 Å². The number of nitrogens with zero attached hydrogens (tertiary/aromatic N) is 2. The molecule has 0 spiro atoms. The molecule has 2 aromatic carbocycles. The SMILES string of the molecule is CC(C)(C)OC(=O)N1CC(c2ccc(F)cc2F)CC1CO.CCOC(=O)C1CC(c2ccc(F)cc2F)CN1C(=O)OC(C)(C)C.[BH4-].[Cl-].[Li+].[Na+]. The summed E-state index contributed by atoms with van der Waals surface area (Å²) in [5, 5.41) is 9.46. The summed E-state index contributed by atoms with van der Waals surface area (Å²) >= 11 is 0. The molecule has 4 unspecified atom stereocenters. The molecule has 276 valence electrons. The number of likely N-dealkylation sites (tertiary alicyclic amines) is 2. The Labute approximate surface area is 339 Å². The van der Waals surface area contributed by atoms with Crippen molar-refractivity contribution in [2.75, 3.05) is 26.3 Å². The molecular formula is C34H48BClF4LiN2NaO7. The Morgan fingerprint density at radius 3 is 1.59 bits per heavy atom. The summed E-state index contributed by atoms with van der Waals surface area (Å²) in [5.74, 6) is -3.93. The third kappa shape index (κ3) is 14.8. The second-order valence-corrected chi connectivity index (χ2v) is 13.6. The smallest absolute Gasteiger partial charge is 1.00 e. The van der Waals surface area contributed by atoms with Crippen LogP contribution in [0, 0.1) is 23.3 Å². The number of amides is 2. The second-order valence-electron chi connectivity index (χ2n) is 13.6. The number of ether oxygens (including phenoxy) is 3. The number of aliphatic hydroxyl groups is 1. The molecular weight excluding hydrogens is 701 g/mol. The van der Waals surface area contributed by atoms with E-state index in [0.29, 0.717) is 12.0 Å². The van der Waals surface area contributed by atoms with Gasteiger partial charge >= 0.3 is 66.6 Å². The summed E-state index contributed by atoms with van der Waals surface area (Å²) in [7, 11) is 0. The first kappa shape index (κ1) is 51.2. The van der Waals surface area contributed by atoms with Crippen LogP contribution >= 0.6 is 0 Å². The van der Waals surface area contributed by atoms with Crippen LogP contribution in [-0.4, -0.2) is 91.1 Å². The van der Waals surface area contributed by atoms with Crippen LogP contribution in [0.25, 0.3) is 0 Å². The molecule has 2 amide bonds. The summed E-state index contributed by atoms with van der Waals surface area (Å²) in [6.45, 7) is 12.4. The third-order valence-electron chi connectivity index (χ3n) is 7.55. The van der Waals surface area contributed by atoms with E-state index >= 15 is 0 Å². The van der Waals surface area contributed by atoms with Crippen molar-refractivity contribution in [2.24, 2.45) is 0 Å². The fraction of sp³-hybridized carbons (Fsp3) is 0.559. The third-order valence-corrected chi connectivity index (χ3v) is 7.55. The first-order valence-corrected chi connectivity index (χ1v) is 15.5. The molecule has 0 aromatic heterocycles. The van der Waals surface area contributed by atoms with Crippen molar-refractivity contribution in [3.8, 4) is 0 Å². The molecule has 0 bridgehead atoms. The van der Waals surface area contributed by atoms with E-state index in [-0.39, 0.29) is 113 Å². The van der Waals surface area contributed by atoms with Crippen molar-refractivity contribution in [1.82, 2.24) is 9.80 Å². The minimum Gasteiger partial charge on any atom is -1.00 e. The summed E-state index contributed by atoms with van der Waals surface area (Å²) in [4.78, 5) is 39.5. The maximum Gasteiger partial charge on any atom is 1.00 e. The Hall–Kier alpha value is -1.92. The van der Waals surface area contributed by atoms with Crippen molar-refractivity contribution in [3.63, 3.8) is 0 Å². The van der Waals surface area contributed by atoms with E-state index in [2.05, 4.69) is 0 Å². The van der Waals surface area contributed by atoms with E-state index in [4.69, 9.17) is 14.2 Å². The molecule has 2 heterocycles. The number of carbonyl (C=O) groups is 3. The standard InChI is InChI=1S/C18H23F2NO4.C16H21F2NO3.BH4.ClH.Li.Na/c1-5-24-16(22)15-8-11(13-7-6-12(19)9-14(13)20)10-21(15)17(23)25-18(2,3)4;1-16(2,3)22-15(21)19-8-10(6-12(19)9-20)13-5-4-11(17)7-14(13)18;;;;/h6-7,9,11,15H,5,8,10H2,1-4H3;4-5,7,10,12,20H,6,8-9H2,1-3H3;1H4;1H;;/q;;-1;;2*+1/p-1. The molecule has 51 heavy (non-hydrogen) atoms. The van der Waals surface area contributed by atoms with Gasteiger partial charge in [0, 0.05) is 37.1 Å². The van der Waals surface area contributed by atoms with Gasteiger partial charge in [0.05, 0.1) is 19.3 Å². The first-order valence-electron chi connectivity index (χ1n) is 15.5. The van der Waals surface area contributed by atoms with Gasteiger partial charge in [-0.3, -0.25) is 4.90 Å². The summed E-state index contributed by atoms with van der Waals surface area (Å²) < 4.78 is 69.8. The predicted molar refractivity (Wildman–Crippen MR) is 176 cm³/mol. The normalized spacial score (nSPS) is 19.5. The summed E-state index contributed by atoms with van der Waals surface area (Å²) in [6, 6.07) is 5.44. The van der Waals surface area contributed by atoms with Gasteiger partial charge in [-0.1, -0.05) is 20.5 Å². The number of halogens is 5. The molecule has 4 rings (SSSR count). The average molecular weight is 749 g/mol. The van der Waals surface area contributed by atoms with Crippen LogP contribution in [0.4, 0.5) is 27.2 Å². The minimum absolute atomic E-state index is 0. The monoisotopic (exact) mass is 748 g/mol.